The Morgan fingerprint density at radius 2 is 1.33 bits per heavy atom. The second-order valence-electron chi connectivity index (χ2n) is 4.09. The highest BCUT2D eigenvalue weighted by Crippen LogP contribution is 2.26. The lowest BCUT2D eigenvalue weighted by Crippen LogP contribution is -1.73. The highest BCUT2D eigenvalue weighted by atomic mass is 16.1. The van der Waals surface area contributed by atoms with Gasteiger partial charge in [0, 0.05) is 0 Å². The number of nitrogens with zero attached hydrogens (tertiary/aromatic N) is 4. The standard InChI is InChI=1S/C15H10N4O2/c1-11-8-14(17-10-21)6-7-15(11)19-18-13-4-2-12(3-5-13)16-9-20/h2-8H,1H3/b19-18+. The van der Waals surface area contributed by atoms with Gasteiger partial charge in [-0.3, -0.25) is 0 Å². The Morgan fingerprint density at radius 1 is 0.762 bits per heavy atom. The van der Waals surface area contributed by atoms with E-state index in [0.717, 1.165) is 5.56 Å². The molecule has 0 unspecified atom stereocenters. The second-order valence-corrected chi connectivity index (χ2v) is 4.09. The molecule has 0 spiro atoms. The van der Waals surface area contributed by atoms with Crippen molar-refractivity contribution in [2.24, 2.45) is 20.2 Å². The van der Waals surface area contributed by atoms with Crippen molar-refractivity contribution < 1.29 is 9.59 Å². The summed E-state index contributed by atoms with van der Waals surface area (Å²) in [6, 6.07) is 11.8. The Labute approximate surface area is 120 Å². The predicted molar refractivity (Wildman–Crippen MR) is 77.4 cm³/mol. The van der Waals surface area contributed by atoms with Gasteiger partial charge in [0.25, 0.3) is 0 Å². The van der Waals surface area contributed by atoms with Crippen LogP contribution in [0.2, 0.25) is 0 Å². The molecule has 6 nitrogen and oxygen atoms in total. The van der Waals surface area contributed by atoms with Crippen molar-refractivity contribution in [1.29, 1.82) is 0 Å². The fourth-order valence-electron chi connectivity index (χ4n) is 1.63. The normalized spacial score (nSPS) is 9.95. The summed E-state index contributed by atoms with van der Waals surface area (Å²) in [5.41, 5.74) is 3.19. The average molecular weight is 278 g/mol. The summed E-state index contributed by atoms with van der Waals surface area (Å²) in [5, 5.41) is 8.22. The van der Waals surface area contributed by atoms with Gasteiger partial charge in [-0.05, 0) is 55.0 Å². The van der Waals surface area contributed by atoms with E-state index < -0.39 is 0 Å². The Kier molecular flexibility index (Phi) is 4.62. The largest absolute Gasteiger partial charge is 0.240 e. The third-order valence-electron chi connectivity index (χ3n) is 2.65. The molecule has 0 saturated carbocycles. The van der Waals surface area contributed by atoms with Gasteiger partial charge in [-0.1, -0.05) is 0 Å². The lowest BCUT2D eigenvalue weighted by Gasteiger charge is -1.99. The number of benzene rings is 2. The molecular weight excluding hydrogens is 268 g/mol. The van der Waals surface area contributed by atoms with E-state index >= 15 is 0 Å². The van der Waals surface area contributed by atoms with E-state index in [1.54, 1.807) is 42.5 Å². The van der Waals surface area contributed by atoms with Gasteiger partial charge >= 0.3 is 0 Å². The van der Waals surface area contributed by atoms with Crippen molar-refractivity contribution in [1.82, 2.24) is 0 Å². The minimum absolute atomic E-state index is 0.510. The maximum absolute atomic E-state index is 10.2. The van der Waals surface area contributed by atoms with E-state index in [2.05, 4.69) is 20.2 Å². The topological polar surface area (TPSA) is 83.6 Å². The van der Waals surface area contributed by atoms with E-state index in [1.165, 1.54) is 12.2 Å². The summed E-state index contributed by atoms with van der Waals surface area (Å²) in [6.07, 6.45) is 2.96. The minimum Gasteiger partial charge on any atom is -0.211 e. The van der Waals surface area contributed by atoms with Gasteiger partial charge in [0.1, 0.15) is 0 Å². The van der Waals surface area contributed by atoms with Crippen LogP contribution in [0, 0.1) is 6.92 Å². The number of aryl methyl sites for hydroxylation is 1. The molecule has 6 heteroatoms. The fourth-order valence-corrected chi connectivity index (χ4v) is 1.63. The number of isocyanates is 2. The zero-order valence-corrected chi connectivity index (χ0v) is 11.1. The van der Waals surface area contributed by atoms with E-state index in [9.17, 15) is 9.59 Å². The van der Waals surface area contributed by atoms with Crippen LogP contribution >= 0.6 is 0 Å². The van der Waals surface area contributed by atoms with E-state index in [1.807, 2.05) is 6.92 Å². The van der Waals surface area contributed by atoms with Crippen molar-refractivity contribution in [2.75, 3.05) is 0 Å². The Morgan fingerprint density at radius 3 is 1.95 bits per heavy atom. The molecule has 2 rings (SSSR count). The lowest BCUT2D eigenvalue weighted by atomic mass is 10.2. The Balaban J connectivity index is 2.20. The molecule has 0 aliphatic heterocycles. The number of rotatable bonds is 4. The van der Waals surface area contributed by atoms with Crippen LogP contribution in [0.4, 0.5) is 22.7 Å². The number of aliphatic imine (C=N–C) groups is 2. The highest BCUT2D eigenvalue weighted by Gasteiger charge is 1.99. The quantitative estimate of drug-likeness (QED) is 0.473. The first-order chi connectivity index (χ1) is 10.2. The van der Waals surface area contributed by atoms with Gasteiger partial charge in [0.15, 0.2) is 0 Å². The molecule has 2 aromatic carbocycles. The zero-order chi connectivity index (χ0) is 15.1. The van der Waals surface area contributed by atoms with Crippen molar-refractivity contribution in [3.63, 3.8) is 0 Å². The van der Waals surface area contributed by atoms with Gasteiger partial charge in [-0.25, -0.2) is 9.59 Å². The van der Waals surface area contributed by atoms with Gasteiger partial charge in [-0.2, -0.15) is 20.2 Å². The molecule has 0 fully saturated rings. The molecule has 21 heavy (non-hydrogen) atoms. The molecule has 0 saturated heterocycles. The maximum atomic E-state index is 10.2. The Hall–Kier alpha value is -3.20. The average Bonchev–Trinajstić information content (AvgIpc) is 2.49. The van der Waals surface area contributed by atoms with Crippen LogP contribution in [0.3, 0.4) is 0 Å². The lowest BCUT2D eigenvalue weighted by molar-refractivity contribution is 0.564. The smallest absolute Gasteiger partial charge is 0.211 e. The third-order valence-corrected chi connectivity index (χ3v) is 2.65. The first-order valence-corrected chi connectivity index (χ1v) is 6.01. The molecule has 0 aromatic heterocycles. The van der Waals surface area contributed by atoms with Crippen LogP contribution < -0.4 is 0 Å². The molecule has 0 bridgehead atoms. The summed E-state index contributed by atoms with van der Waals surface area (Å²) in [4.78, 5) is 27.3. The van der Waals surface area contributed by atoms with Crippen LogP contribution in [0.5, 0.6) is 0 Å². The molecule has 0 N–H and O–H groups in total. The van der Waals surface area contributed by atoms with Crippen molar-refractivity contribution >= 4 is 34.9 Å². The van der Waals surface area contributed by atoms with Crippen LogP contribution in [-0.2, 0) is 9.59 Å². The zero-order valence-electron chi connectivity index (χ0n) is 11.1. The summed E-state index contributed by atoms with van der Waals surface area (Å²) in [6.45, 7) is 1.85. The van der Waals surface area contributed by atoms with Crippen LogP contribution in [0.25, 0.3) is 0 Å². The second kappa shape index (κ2) is 6.82. The van der Waals surface area contributed by atoms with Gasteiger partial charge < -0.3 is 0 Å². The minimum atomic E-state index is 0.510. The van der Waals surface area contributed by atoms with Gasteiger partial charge in [-0.15, -0.1) is 0 Å². The molecule has 0 radical (unpaired) electrons. The number of carbonyl (C=O) groups excluding carboxylic acids is 2. The summed E-state index contributed by atoms with van der Waals surface area (Å²) in [5.74, 6) is 0. The van der Waals surface area contributed by atoms with Crippen molar-refractivity contribution in [3.8, 4) is 0 Å². The summed E-state index contributed by atoms with van der Waals surface area (Å²) >= 11 is 0. The third kappa shape index (κ3) is 3.88. The number of azo groups is 1. The summed E-state index contributed by atoms with van der Waals surface area (Å²) in [7, 11) is 0. The molecule has 0 amide bonds. The molecule has 0 heterocycles. The van der Waals surface area contributed by atoms with Gasteiger partial charge in [0.05, 0.1) is 22.7 Å². The van der Waals surface area contributed by atoms with Crippen molar-refractivity contribution in [3.05, 3.63) is 48.0 Å². The molecule has 0 atom stereocenters. The van der Waals surface area contributed by atoms with E-state index in [4.69, 9.17) is 0 Å². The number of hydrogen-bond acceptors (Lipinski definition) is 6. The first-order valence-electron chi connectivity index (χ1n) is 6.01. The maximum Gasteiger partial charge on any atom is 0.240 e. The van der Waals surface area contributed by atoms with E-state index in [-0.39, 0.29) is 0 Å². The van der Waals surface area contributed by atoms with Crippen molar-refractivity contribution in [2.45, 2.75) is 6.92 Å². The fraction of sp³-hybridized carbons (Fsp3) is 0.0667. The molecular formula is C15H10N4O2. The van der Waals surface area contributed by atoms with Crippen LogP contribution in [0.15, 0.2) is 62.7 Å². The highest BCUT2D eigenvalue weighted by molar-refractivity contribution is 5.57. The molecule has 2 aromatic rings. The SMILES string of the molecule is Cc1cc(N=C=O)ccc1/N=N/c1ccc(N=C=O)cc1. The molecule has 0 aliphatic rings. The van der Waals surface area contributed by atoms with E-state index in [0.29, 0.717) is 22.7 Å². The monoisotopic (exact) mass is 278 g/mol. The number of hydrogen-bond donors (Lipinski definition) is 0. The first kappa shape index (κ1) is 14.2. The summed E-state index contributed by atoms with van der Waals surface area (Å²) < 4.78 is 0. The van der Waals surface area contributed by atoms with Gasteiger partial charge in [0.2, 0.25) is 12.2 Å². The van der Waals surface area contributed by atoms with Crippen LogP contribution in [-0.4, -0.2) is 12.2 Å². The predicted octanol–water partition coefficient (Wildman–Crippen LogP) is 4.35. The van der Waals surface area contributed by atoms with Crippen LogP contribution in [0.1, 0.15) is 5.56 Å². The molecule has 0 aliphatic carbocycles. The molecule has 102 valence electrons. The Bertz CT molecular complexity index is 769.